The smallest absolute Gasteiger partial charge is 0.422 e. The van der Waals surface area contributed by atoms with Gasteiger partial charge in [-0.3, -0.25) is 0 Å². The van der Waals surface area contributed by atoms with Crippen LogP contribution in [0.25, 0.3) is 16.9 Å². The Morgan fingerprint density at radius 1 is 1.35 bits per heavy atom. The Bertz CT molecular complexity index is 910. The van der Waals surface area contributed by atoms with Gasteiger partial charge in [-0.2, -0.15) is 27.8 Å². The molecule has 0 fully saturated rings. The predicted molar refractivity (Wildman–Crippen MR) is 87.6 cm³/mol. The summed E-state index contributed by atoms with van der Waals surface area (Å²) in [4.78, 5) is 8.22. The molecule has 0 amide bonds. The maximum atomic E-state index is 12.6. The first-order chi connectivity index (χ1) is 12.3. The third-order valence-electron chi connectivity index (χ3n) is 3.36. The molecule has 0 saturated carbocycles. The van der Waals surface area contributed by atoms with Crippen LogP contribution in [0, 0.1) is 0 Å². The summed E-state index contributed by atoms with van der Waals surface area (Å²) in [6.07, 6.45) is -0.411. The molecular formula is C14H14BrF3N6O2. The molecule has 0 aliphatic rings. The van der Waals surface area contributed by atoms with Crippen LogP contribution in [0.4, 0.5) is 13.2 Å². The zero-order valence-electron chi connectivity index (χ0n) is 13.7. The SMILES string of the molecule is CCOC(C)n1cc(-c2ncn3nc(Br)nc3c2OCC(F)(F)F)cn1. The van der Waals surface area contributed by atoms with Crippen LogP contribution >= 0.6 is 15.9 Å². The minimum absolute atomic E-state index is 0.108. The number of fused-ring (bicyclic) bond motifs is 1. The third-order valence-corrected chi connectivity index (χ3v) is 3.69. The van der Waals surface area contributed by atoms with E-state index in [0.717, 1.165) is 0 Å². The number of rotatable bonds is 6. The van der Waals surface area contributed by atoms with Crippen LogP contribution in [0.2, 0.25) is 0 Å². The number of alkyl halides is 3. The first-order valence-corrected chi connectivity index (χ1v) is 8.34. The quantitative estimate of drug-likeness (QED) is 0.592. The molecular weight excluding hydrogens is 421 g/mol. The van der Waals surface area contributed by atoms with Crippen molar-refractivity contribution in [2.45, 2.75) is 26.3 Å². The van der Waals surface area contributed by atoms with E-state index in [2.05, 4.69) is 36.1 Å². The summed E-state index contributed by atoms with van der Waals surface area (Å²) in [6.45, 7) is 2.67. The molecule has 26 heavy (non-hydrogen) atoms. The van der Waals surface area contributed by atoms with Gasteiger partial charge in [-0.1, -0.05) is 0 Å². The molecule has 1 unspecified atom stereocenters. The predicted octanol–water partition coefficient (Wildman–Crippen LogP) is 3.25. The zero-order valence-corrected chi connectivity index (χ0v) is 15.3. The van der Waals surface area contributed by atoms with Crippen LogP contribution in [0.15, 0.2) is 23.5 Å². The van der Waals surface area contributed by atoms with Gasteiger partial charge < -0.3 is 9.47 Å². The highest BCUT2D eigenvalue weighted by atomic mass is 79.9. The van der Waals surface area contributed by atoms with Crippen LogP contribution in [0.1, 0.15) is 20.1 Å². The number of ether oxygens (including phenoxy) is 2. The molecule has 12 heteroatoms. The average molecular weight is 435 g/mol. The van der Waals surface area contributed by atoms with Crippen molar-refractivity contribution >= 4 is 21.6 Å². The Kier molecular flexibility index (Phi) is 5.14. The molecule has 140 valence electrons. The minimum atomic E-state index is -4.50. The molecule has 3 rings (SSSR count). The molecule has 8 nitrogen and oxygen atoms in total. The van der Waals surface area contributed by atoms with Crippen molar-refractivity contribution in [1.82, 2.24) is 29.4 Å². The van der Waals surface area contributed by atoms with E-state index in [1.807, 2.05) is 6.92 Å². The minimum Gasteiger partial charge on any atom is -0.478 e. The van der Waals surface area contributed by atoms with Crippen molar-refractivity contribution in [3.8, 4) is 17.0 Å². The van der Waals surface area contributed by atoms with Crippen molar-refractivity contribution in [2.75, 3.05) is 13.2 Å². The van der Waals surface area contributed by atoms with Gasteiger partial charge in [0.05, 0.1) is 6.20 Å². The standard InChI is InChI=1S/C14H14BrF3N6O2/c1-3-25-8(2)23-5-9(4-20-23)10-11(26-6-14(16,17)18)12-21-13(15)22-24(12)7-19-10/h4-5,7-8H,3,6H2,1-2H3. The summed E-state index contributed by atoms with van der Waals surface area (Å²) in [5, 5.41) is 8.14. The van der Waals surface area contributed by atoms with Gasteiger partial charge in [0, 0.05) is 18.4 Å². The van der Waals surface area contributed by atoms with Gasteiger partial charge in [0.1, 0.15) is 18.2 Å². The second-order valence-corrected chi connectivity index (χ2v) is 5.95. The molecule has 3 aromatic rings. The molecule has 3 heterocycles. The fourth-order valence-corrected chi connectivity index (χ4v) is 2.62. The molecule has 0 bridgehead atoms. The monoisotopic (exact) mass is 434 g/mol. The third kappa shape index (κ3) is 3.96. The van der Waals surface area contributed by atoms with Crippen molar-refractivity contribution < 1.29 is 22.6 Å². The Labute approximate surface area is 154 Å². The zero-order chi connectivity index (χ0) is 18.9. The maximum absolute atomic E-state index is 12.6. The lowest BCUT2D eigenvalue weighted by atomic mass is 10.2. The topological polar surface area (TPSA) is 79.4 Å². The summed E-state index contributed by atoms with van der Waals surface area (Å²) < 4.78 is 51.3. The average Bonchev–Trinajstić information content (AvgIpc) is 3.17. The first kappa shape index (κ1) is 18.6. The number of hydrogen-bond acceptors (Lipinski definition) is 6. The molecule has 0 spiro atoms. The summed E-state index contributed by atoms with van der Waals surface area (Å²) in [5.74, 6) is -0.133. The van der Waals surface area contributed by atoms with E-state index in [1.54, 1.807) is 13.1 Å². The number of nitrogens with zero attached hydrogens (tertiary/aromatic N) is 6. The molecule has 0 N–H and O–H groups in total. The molecule has 0 radical (unpaired) electrons. The van der Waals surface area contributed by atoms with Crippen LogP contribution in [-0.4, -0.2) is 48.8 Å². The van der Waals surface area contributed by atoms with Crippen molar-refractivity contribution in [3.63, 3.8) is 0 Å². The second-order valence-electron chi connectivity index (χ2n) is 5.24. The summed E-state index contributed by atoms with van der Waals surface area (Å²) >= 11 is 3.09. The van der Waals surface area contributed by atoms with E-state index in [1.165, 1.54) is 21.7 Å². The van der Waals surface area contributed by atoms with E-state index in [0.29, 0.717) is 12.2 Å². The Hall–Kier alpha value is -2.21. The van der Waals surface area contributed by atoms with E-state index < -0.39 is 12.8 Å². The highest BCUT2D eigenvalue weighted by Gasteiger charge is 2.30. The van der Waals surface area contributed by atoms with E-state index >= 15 is 0 Å². The lowest BCUT2D eigenvalue weighted by molar-refractivity contribution is -0.153. The molecule has 1 atom stereocenters. The van der Waals surface area contributed by atoms with Gasteiger partial charge in [-0.25, -0.2) is 9.67 Å². The summed E-state index contributed by atoms with van der Waals surface area (Å²) in [7, 11) is 0. The largest absolute Gasteiger partial charge is 0.478 e. The summed E-state index contributed by atoms with van der Waals surface area (Å²) in [5.41, 5.74) is 0.753. The fourth-order valence-electron chi connectivity index (χ4n) is 2.28. The lowest BCUT2D eigenvalue weighted by Crippen LogP contribution is -2.20. The normalized spacial score (nSPS) is 13.3. The molecule has 0 aliphatic heterocycles. The lowest BCUT2D eigenvalue weighted by Gasteiger charge is -2.13. The molecule has 0 aromatic carbocycles. The molecule has 3 aromatic heterocycles. The number of hydrogen-bond donors (Lipinski definition) is 0. The van der Waals surface area contributed by atoms with Gasteiger partial charge in [-0.15, -0.1) is 5.10 Å². The van der Waals surface area contributed by atoms with E-state index in [4.69, 9.17) is 9.47 Å². The Morgan fingerprint density at radius 3 is 2.81 bits per heavy atom. The highest BCUT2D eigenvalue weighted by molar-refractivity contribution is 9.10. The highest BCUT2D eigenvalue weighted by Crippen LogP contribution is 2.33. The van der Waals surface area contributed by atoms with Gasteiger partial charge in [0.15, 0.2) is 12.4 Å². The number of halogens is 4. The Morgan fingerprint density at radius 2 is 2.12 bits per heavy atom. The van der Waals surface area contributed by atoms with Gasteiger partial charge in [0.2, 0.25) is 10.4 Å². The van der Waals surface area contributed by atoms with Crippen molar-refractivity contribution in [1.29, 1.82) is 0 Å². The van der Waals surface area contributed by atoms with Gasteiger partial charge in [0.25, 0.3) is 0 Å². The van der Waals surface area contributed by atoms with E-state index in [-0.39, 0.29) is 28.1 Å². The van der Waals surface area contributed by atoms with Gasteiger partial charge in [-0.05, 0) is 29.8 Å². The fraction of sp³-hybridized carbons (Fsp3) is 0.429. The second kappa shape index (κ2) is 7.19. The van der Waals surface area contributed by atoms with Gasteiger partial charge >= 0.3 is 6.18 Å². The first-order valence-electron chi connectivity index (χ1n) is 7.55. The maximum Gasteiger partial charge on any atom is 0.422 e. The van der Waals surface area contributed by atoms with Crippen LogP contribution in [0.3, 0.4) is 0 Å². The summed E-state index contributed by atoms with van der Waals surface area (Å²) in [6, 6.07) is 0. The Balaban J connectivity index is 2.04. The van der Waals surface area contributed by atoms with E-state index in [9.17, 15) is 13.2 Å². The van der Waals surface area contributed by atoms with Crippen LogP contribution in [-0.2, 0) is 4.74 Å². The molecule has 0 aliphatic carbocycles. The van der Waals surface area contributed by atoms with Crippen molar-refractivity contribution in [2.24, 2.45) is 0 Å². The molecule has 0 saturated heterocycles. The number of aromatic nitrogens is 6. The van der Waals surface area contributed by atoms with Crippen LogP contribution in [0.5, 0.6) is 5.75 Å². The van der Waals surface area contributed by atoms with Crippen LogP contribution < -0.4 is 4.74 Å². The van der Waals surface area contributed by atoms with Crippen molar-refractivity contribution in [3.05, 3.63) is 23.5 Å².